The molecule has 1 aliphatic carbocycles. The molecule has 0 spiro atoms. The summed E-state index contributed by atoms with van der Waals surface area (Å²) in [6, 6.07) is 1.19. The lowest BCUT2D eigenvalue weighted by Crippen LogP contribution is -2.34. The standard InChI is InChI=1S/C14H13FO5/c1-3-19-12(17)10-4-8-6-14(2,15)7-9(16)5-11(8)20-13(10)18/h4-7,16H,3H2,1-2H3. The fraction of sp³-hybridized carbons (Fsp3) is 0.286. The average molecular weight is 280 g/mol. The van der Waals surface area contributed by atoms with E-state index < -0.39 is 17.3 Å². The molecule has 20 heavy (non-hydrogen) atoms. The van der Waals surface area contributed by atoms with E-state index in [9.17, 15) is 19.1 Å². The molecule has 5 nitrogen and oxygen atoms in total. The Bertz CT molecular complexity index is 755. The van der Waals surface area contributed by atoms with E-state index in [-0.39, 0.29) is 28.6 Å². The van der Waals surface area contributed by atoms with E-state index in [1.807, 2.05) is 0 Å². The number of aliphatic hydroxyl groups is 1. The SMILES string of the molecule is CCOC(=O)c1cc2c(oc1=O)=CC(O)=CC(C)(F)C=2. The number of carbonyl (C=O) groups is 1. The van der Waals surface area contributed by atoms with Crippen molar-refractivity contribution in [1.82, 2.24) is 0 Å². The van der Waals surface area contributed by atoms with E-state index in [1.54, 1.807) is 6.92 Å². The fourth-order valence-corrected chi connectivity index (χ4v) is 1.89. The molecule has 0 aliphatic heterocycles. The summed E-state index contributed by atoms with van der Waals surface area (Å²) in [6.45, 7) is 2.93. The zero-order valence-electron chi connectivity index (χ0n) is 11.0. The summed E-state index contributed by atoms with van der Waals surface area (Å²) in [7, 11) is 0. The van der Waals surface area contributed by atoms with Gasteiger partial charge < -0.3 is 14.3 Å². The second-order valence-corrected chi connectivity index (χ2v) is 4.50. The first-order valence-corrected chi connectivity index (χ1v) is 5.99. The minimum absolute atomic E-state index is 0.0156. The number of hydrogen-bond acceptors (Lipinski definition) is 5. The molecule has 106 valence electrons. The molecule has 1 atom stereocenters. The van der Waals surface area contributed by atoms with Gasteiger partial charge in [0.15, 0.2) is 0 Å². The minimum Gasteiger partial charge on any atom is -0.508 e. The third-order valence-electron chi connectivity index (χ3n) is 2.65. The second-order valence-electron chi connectivity index (χ2n) is 4.50. The van der Waals surface area contributed by atoms with Gasteiger partial charge in [0.2, 0.25) is 0 Å². The van der Waals surface area contributed by atoms with Crippen LogP contribution in [-0.2, 0) is 4.74 Å². The number of ether oxygens (including phenoxy) is 1. The van der Waals surface area contributed by atoms with Gasteiger partial charge in [0.1, 0.15) is 22.4 Å². The number of rotatable bonds is 2. The number of esters is 1. The van der Waals surface area contributed by atoms with Crippen molar-refractivity contribution in [2.45, 2.75) is 19.5 Å². The molecule has 1 N–H and O–H groups in total. The van der Waals surface area contributed by atoms with E-state index in [2.05, 4.69) is 0 Å². The van der Waals surface area contributed by atoms with Crippen molar-refractivity contribution < 1.29 is 23.4 Å². The Hall–Kier alpha value is -2.37. The van der Waals surface area contributed by atoms with Crippen LogP contribution in [0.5, 0.6) is 0 Å². The van der Waals surface area contributed by atoms with Crippen LogP contribution in [0.25, 0.3) is 12.2 Å². The van der Waals surface area contributed by atoms with E-state index in [1.165, 1.54) is 13.0 Å². The fourth-order valence-electron chi connectivity index (χ4n) is 1.89. The van der Waals surface area contributed by atoms with Crippen molar-refractivity contribution in [1.29, 1.82) is 0 Å². The molecule has 0 saturated heterocycles. The van der Waals surface area contributed by atoms with E-state index >= 15 is 0 Å². The zero-order chi connectivity index (χ0) is 14.9. The molecule has 6 heteroatoms. The second kappa shape index (κ2) is 4.96. The van der Waals surface area contributed by atoms with E-state index in [0.29, 0.717) is 0 Å². The maximum Gasteiger partial charge on any atom is 0.351 e. The lowest BCUT2D eigenvalue weighted by molar-refractivity contribution is 0.0520. The Kier molecular flexibility index (Phi) is 3.48. The maximum atomic E-state index is 14.1. The summed E-state index contributed by atoms with van der Waals surface area (Å²) in [5, 5.41) is 9.71. The van der Waals surface area contributed by atoms with Crippen molar-refractivity contribution in [2.24, 2.45) is 0 Å². The van der Waals surface area contributed by atoms with Crippen molar-refractivity contribution in [3.8, 4) is 0 Å². The summed E-state index contributed by atoms with van der Waals surface area (Å²) in [4.78, 5) is 23.3. The first-order valence-electron chi connectivity index (χ1n) is 5.99. The Morgan fingerprint density at radius 1 is 1.50 bits per heavy atom. The Morgan fingerprint density at radius 2 is 2.20 bits per heavy atom. The predicted molar refractivity (Wildman–Crippen MR) is 69.3 cm³/mol. The van der Waals surface area contributed by atoms with Crippen LogP contribution in [0.3, 0.4) is 0 Å². The highest BCUT2D eigenvalue weighted by Crippen LogP contribution is 2.17. The largest absolute Gasteiger partial charge is 0.508 e. The Labute approximate surface area is 113 Å². The highest BCUT2D eigenvalue weighted by Gasteiger charge is 2.21. The first-order chi connectivity index (χ1) is 9.32. The lowest BCUT2D eigenvalue weighted by atomic mass is 10.1. The highest BCUT2D eigenvalue weighted by atomic mass is 19.1. The molecule has 0 amide bonds. The van der Waals surface area contributed by atoms with Gasteiger partial charge in [-0.1, -0.05) is 0 Å². The minimum atomic E-state index is -1.93. The van der Waals surface area contributed by atoms with Gasteiger partial charge in [-0.25, -0.2) is 14.0 Å². The van der Waals surface area contributed by atoms with Gasteiger partial charge >= 0.3 is 11.6 Å². The number of aliphatic hydroxyl groups excluding tert-OH is 1. The molecule has 0 aromatic carbocycles. The van der Waals surface area contributed by atoms with Gasteiger partial charge in [-0.2, -0.15) is 0 Å². The summed E-state index contributed by atoms with van der Waals surface area (Å²) in [5.41, 5.74) is -3.16. The molecular formula is C14H13FO5. The van der Waals surface area contributed by atoms with Crippen LogP contribution in [-0.4, -0.2) is 23.4 Å². The summed E-state index contributed by atoms with van der Waals surface area (Å²) < 4.78 is 23.8. The third kappa shape index (κ3) is 2.79. The number of carbonyl (C=O) groups excluding carboxylic acids is 1. The van der Waals surface area contributed by atoms with Crippen LogP contribution in [0, 0.1) is 0 Å². The molecule has 1 aromatic heterocycles. The molecule has 0 bridgehead atoms. The quantitative estimate of drug-likeness (QED) is 0.801. The van der Waals surface area contributed by atoms with E-state index in [4.69, 9.17) is 9.15 Å². The van der Waals surface area contributed by atoms with Gasteiger partial charge in [-0.05, 0) is 32.1 Å². The maximum absolute atomic E-state index is 14.1. The highest BCUT2D eigenvalue weighted by molar-refractivity contribution is 5.88. The molecular weight excluding hydrogens is 267 g/mol. The summed E-state index contributed by atoms with van der Waals surface area (Å²) in [5.74, 6) is -1.20. The third-order valence-corrected chi connectivity index (χ3v) is 2.65. The molecule has 1 aliphatic rings. The van der Waals surface area contributed by atoms with Crippen molar-refractivity contribution in [3.05, 3.63) is 44.5 Å². The number of halogens is 1. The molecule has 1 aromatic rings. The van der Waals surface area contributed by atoms with Crippen LogP contribution < -0.4 is 16.3 Å². The van der Waals surface area contributed by atoms with Crippen LogP contribution in [0.1, 0.15) is 24.2 Å². The van der Waals surface area contributed by atoms with Gasteiger partial charge in [-0.3, -0.25) is 0 Å². The Morgan fingerprint density at radius 3 is 2.85 bits per heavy atom. The molecule has 0 saturated carbocycles. The lowest BCUT2D eigenvalue weighted by Gasteiger charge is -2.08. The van der Waals surface area contributed by atoms with Crippen LogP contribution in [0.4, 0.5) is 4.39 Å². The first kappa shape index (κ1) is 14.0. The van der Waals surface area contributed by atoms with Crippen molar-refractivity contribution in [3.63, 3.8) is 0 Å². The van der Waals surface area contributed by atoms with Crippen LogP contribution in [0.15, 0.2) is 27.1 Å². The smallest absolute Gasteiger partial charge is 0.351 e. The number of fused-ring (bicyclic) bond motifs is 1. The van der Waals surface area contributed by atoms with Crippen LogP contribution in [0.2, 0.25) is 0 Å². The van der Waals surface area contributed by atoms with Crippen molar-refractivity contribution >= 4 is 18.1 Å². The van der Waals surface area contributed by atoms with E-state index in [0.717, 1.165) is 18.2 Å². The Balaban J connectivity index is 2.72. The average Bonchev–Trinajstić information content (AvgIpc) is 2.41. The topological polar surface area (TPSA) is 76.7 Å². The zero-order valence-corrected chi connectivity index (χ0v) is 11.0. The molecule has 2 rings (SSSR count). The predicted octanol–water partition coefficient (Wildman–Crippen LogP) is 0.561. The normalized spacial score (nSPS) is 20.9. The number of allylic oxidation sites excluding steroid dienone is 2. The molecule has 0 radical (unpaired) electrons. The number of hydrogen-bond donors (Lipinski definition) is 1. The summed E-state index contributed by atoms with van der Waals surface area (Å²) >= 11 is 0. The van der Waals surface area contributed by atoms with Gasteiger partial charge in [0.05, 0.1) is 6.61 Å². The monoisotopic (exact) mass is 280 g/mol. The van der Waals surface area contributed by atoms with Gasteiger partial charge in [0, 0.05) is 11.3 Å². The molecule has 0 fully saturated rings. The molecule has 1 heterocycles. The molecule has 1 unspecified atom stereocenters. The van der Waals surface area contributed by atoms with Crippen LogP contribution >= 0.6 is 0 Å². The van der Waals surface area contributed by atoms with Gasteiger partial charge in [-0.15, -0.1) is 0 Å². The number of alkyl halides is 1. The summed E-state index contributed by atoms with van der Waals surface area (Å²) in [6.07, 6.45) is 3.23. The van der Waals surface area contributed by atoms with Gasteiger partial charge in [0.25, 0.3) is 0 Å². The van der Waals surface area contributed by atoms with Crippen molar-refractivity contribution in [2.75, 3.05) is 6.61 Å².